The Kier molecular flexibility index (Phi) is 7.59. The van der Waals surface area contributed by atoms with Gasteiger partial charge in [0, 0.05) is 6.42 Å². The van der Waals surface area contributed by atoms with Crippen LogP contribution in [0.15, 0.2) is 24.3 Å². The lowest BCUT2D eigenvalue weighted by atomic mass is 9.80. The van der Waals surface area contributed by atoms with E-state index in [0.717, 1.165) is 19.3 Å². The maximum absolute atomic E-state index is 11.1. The van der Waals surface area contributed by atoms with Crippen LogP contribution in [0.25, 0.3) is 0 Å². The Morgan fingerprint density at radius 1 is 0.957 bits per heavy atom. The molecule has 0 fully saturated rings. The second-order valence-corrected chi connectivity index (χ2v) is 6.06. The van der Waals surface area contributed by atoms with E-state index in [1.54, 1.807) is 0 Å². The fourth-order valence-corrected chi connectivity index (χ4v) is 2.29. The van der Waals surface area contributed by atoms with E-state index >= 15 is 0 Å². The normalized spacial score (nSPS) is 11.0. The summed E-state index contributed by atoms with van der Waals surface area (Å²) in [6.07, 6.45) is 3.23. The van der Waals surface area contributed by atoms with E-state index in [1.807, 2.05) is 24.3 Å². The summed E-state index contributed by atoms with van der Waals surface area (Å²) in [6, 6.07) is 7.72. The monoisotopic (exact) mass is 322 g/mol. The number of hydrogen-bond acceptors (Lipinski definition) is 5. The number of methoxy groups -OCH3 is 2. The molecule has 0 atom stereocenters. The first-order valence-electron chi connectivity index (χ1n) is 7.76. The highest BCUT2D eigenvalue weighted by Crippen LogP contribution is 2.30. The average Bonchev–Trinajstić information content (AvgIpc) is 2.56. The third-order valence-corrected chi connectivity index (χ3v) is 3.88. The van der Waals surface area contributed by atoms with Crippen LogP contribution >= 0.6 is 0 Å². The molecule has 1 aromatic carbocycles. The minimum Gasteiger partial charge on any atom is -0.482 e. The predicted octanol–water partition coefficient (Wildman–Crippen LogP) is 3.25. The SMILES string of the molecule is COC(=O)CCCCC(C)(C)c1ccc(OCC(=O)OC)cc1. The van der Waals surface area contributed by atoms with Gasteiger partial charge in [-0.1, -0.05) is 32.4 Å². The molecule has 0 saturated heterocycles. The maximum atomic E-state index is 11.1. The first-order chi connectivity index (χ1) is 10.9. The van der Waals surface area contributed by atoms with Crippen molar-refractivity contribution in [3.8, 4) is 5.75 Å². The molecule has 0 bridgehead atoms. The minimum absolute atomic E-state index is 0.0109. The highest BCUT2D eigenvalue weighted by Gasteiger charge is 2.20. The Morgan fingerprint density at radius 2 is 1.57 bits per heavy atom. The molecule has 0 aliphatic rings. The van der Waals surface area contributed by atoms with Crippen LogP contribution in [0.4, 0.5) is 0 Å². The Morgan fingerprint density at radius 3 is 2.13 bits per heavy atom. The van der Waals surface area contributed by atoms with E-state index in [0.29, 0.717) is 12.2 Å². The molecule has 23 heavy (non-hydrogen) atoms. The molecule has 0 heterocycles. The summed E-state index contributed by atoms with van der Waals surface area (Å²) in [5.41, 5.74) is 1.21. The Bertz CT molecular complexity index is 505. The summed E-state index contributed by atoms with van der Waals surface area (Å²) in [6.45, 7) is 4.26. The van der Waals surface area contributed by atoms with E-state index < -0.39 is 5.97 Å². The number of ether oxygens (including phenoxy) is 3. The lowest BCUT2D eigenvalue weighted by Crippen LogP contribution is -2.17. The highest BCUT2D eigenvalue weighted by molar-refractivity contribution is 5.70. The number of unbranched alkanes of at least 4 members (excludes halogenated alkanes) is 1. The molecule has 5 nitrogen and oxygen atoms in total. The van der Waals surface area contributed by atoms with E-state index in [-0.39, 0.29) is 18.0 Å². The van der Waals surface area contributed by atoms with Crippen molar-refractivity contribution in [3.05, 3.63) is 29.8 Å². The number of benzene rings is 1. The Labute approximate surface area is 137 Å². The number of carbonyl (C=O) groups is 2. The smallest absolute Gasteiger partial charge is 0.343 e. The minimum atomic E-state index is -0.403. The molecule has 0 spiro atoms. The van der Waals surface area contributed by atoms with Crippen LogP contribution in [0, 0.1) is 0 Å². The second-order valence-electron chi connectivity index (χ2n) is 6.06. The molecule has 1 aromatic rings. The number of esters is 2. The summed E-state index contributed by atoms with van der Waals surface area (Å²) in [4.78, 5) is 22.2. The molecular formula is C18H26O5. The summed E-state index contributed by atoms with van der Waals surface area (Å²) in [5.74, 6) is 0.0792. The van der Waals surface area contributed by atoms with Gasteiger partial charge in [0.25, 0.3) is 0 Å². The van der Waals surface area contributed by atoms with Gasteiger partial charge < -0.3 is 14.2 Å². The third kappa shape index (κ3) is 6.72. The number of rotatable bonds is 9. The molecule has 0 aliphatic heterocycles. The van der Waals surface area contributed by atoms with Gasteiger partial charge in [0.2, 0.25) is 0 Å². The molecule has 0 saturated carbocycles. The predicted molar refractivity (Wildman–Crippen MR) is 87.5 cm³/mol. The highest BCUT2D eigenvalue weighted by atomic mass is 16.6. The molecular weight excluding hydrogens is 296 g/mol. The van der Waals surface area contributed by atoms with Gasteiger partial charge in [-0.05, 0) is 36.0 Å². The third-order valence-electron chi connectivity index (χ3n) is 3.88. The van der Waals surface area contributed by atoms with E-state index in [9.17, 15) is 9.59 Å². The standard InChI is InChI=1S/C18H26O5/c1-18(2,12-6-5-7-16(19)21-3)14-8-10-15(11-9-14)23-13-17(20)22-4/h8-11H,5-7,12-13H2,1-4H3. The van der Waals surface area contributed by atoms with Gasteiger partial charge >= 0.3 is 11.9 Å². The number of carbonyl (C=O) groups excluding carboxylic acids is 2. The van der Waals surface area contributed by atoms with Crippen molar-refractivity contribution in [2.75, 3.05) is 20.8 Å². The summed E-state index contributed by atoms with van der Waals surface area (Å²) in [5, 5.41) is 0. The van der Waals surface area contributed by atoms with Crippen molar-refractivity contribution < 1.29 is 23.8 Å². The van der Waals surface area contributed by atoms with Crippen molar-refractivity contribution in [1.82, 2.24) is 0 Å². The van der Waals surface area contributed by atoms with Crippen LogP contribution in [0.1, 0.15) is 45.1 Å². The molecule has 128 valence electrons. The Balaban J connectivity index is 2.49. The van der Waals surface area contributed by atoms with Gasteiger partial charge in [-0.2, -0.15) is 0 Å². The fraction of sp³-hybridized carbons (Fsp3) is 0.556. The van der Waals surface area contributed by atoms with Crippen molar-refractivity contribution in [2.45, 2.75) is 44.9 Å². The lowest BCUT2D eigenvalue weighted by Gasteiger charge is -2.25. The van der Waals surface area contributed by atoms with Crippen LogP contribution in [0.3, 0.4) is 0 Å². The van der Waals surface area contributed by atoms with E-state index in [4.69, 9.17) is 4.74 Å². The van der Waals surface area contributed by atoms with Gasteiger partial charge in [-0.25, -0.2) is 4.79 Å². The first kappa shape index (κ1) is 19.0. The zero-order valence-electron chi connectivity index (χ0n) is 14.4. The molecule has 5 heteroatoms. The Hall–Kier alpha value is -2.04. The van der Waals surface area contributed by atoms with Crippen LogP contribution in [-0.4, -0.2) is 32.8 Å². The molecule has 0 N–H and O–H groups in total. The van der Waals surface area contributed by atoms with E-state index in [1.165, 1.54) is 19.8 Å². The van der Waals surface area contributed by atoms with Crippen LogP contribution < -0.4 is 4.74 Å². The first-order valence-corrected chi connectivity index (χ1v) is 7.76. The molecule has 0 radical (unpaired) electrons. The summed E-state index contributed by atoms with van der Waals surface area (Å²) >= 11 is 0. The molecule has 0 aliphatic carbocycles. The van der Waals surface area contributed by atoms with Crippen molar-refractivity contribution in [3.63, 3.8) is 0 Å². The van der Waals surface area contributed by atoms with Crippen molar-refractivity contribution in [2.24, 2.45) is 0 Å². The van der Waals surface area contributed by atoms with Gasteiger partial charge in [-0.3, -0.25) is 4.79 Å². The quantitative estimate of drug-likeness (QED) is 0.516. The molecule has 1 rings (SSSR count). The largest absolute Gasteiger partial charge is 0.482 e. The lowest BCUT2D eigenvalue weighted by molar-refractivity contribution is -0.143. The summed E-state index contributed by atoms with van der Waals surface area (Å²) in [7, 11) is 2.74. The van der Waals surface area contributed by atoms with Gasteiger partial charge in [0.05, 0.1) is 14.2 Å². The zero-order valence-corrected chi connectivity index (χ0v) is 14.4. The zero-order chi connectivity index (χ0) is 17.3. The molecule has 0 amide bonds. The average molecular weight is 322 g/mol. The van der Waals surface area contributed by atoms with Crippen LogP contribution in [0.5, 0.6) is 5.75 Å². The van der Waals surface area contributed by atoms with Crippen molar-refractivity contribution >= 4 is 11.9 Å². The molecule has 0 aromatic heterocycles. The maximum Gasteiger partial charge on any atom is 0.343 e. The topological polar surface area (TPSA) is 61.8 Å². The number of hydrogen-bond donors (Lipinski definition) is 0. The van der Waals surface area contributed by atoms with Crippen LogP contribution in [0.2, 0.25) is 0 Å². The fourth-order valence-electron chi connectivity index (χ4n) is 2.29. The van der Waals surface area contributed by atoms with Gasteiger partial charge in [0.15, 0.2) is 6.61 Å². The van der Waals surface area contributed by atoms with Gasteiger partial charge in [0.1, 0.15) is 5.75 Å². The van der Waals surface area contributed by atoms with Crippen molar-refractivity contribution in [1.29, 1.82) is 0 Å². The summed E-state index contributed by atoms with van der Waals surface area (Å²) < 4.78 is 14.5. The molecule has 0 unspecified atom stereocenters. The van der Waals surface area contributed by atoms with Crippen LogP contribution in [-0.2, 0) is 24.5 Å². The van der Waals surface area contributed by atoms with E-state index in [2.05, 4.69) is 23.3 Å². The van der Waals surface area contributed by atoms with Gasteiger partial charge in [-0.15, -0.1) is 0 Å². The second kappa shape index (κ2) is 9.18.